The molecule has 0 saturated carbocycles. The van der Waals surface area contributed by atoms with Crippen molar-refractivity contribution in [2.45, 2.75) is 0 Å². The van der Waals surface area contributed by atoms with Crippen LogP contribution in [0.4, 0.5) is 9.39 Å². The molecule has 0 atom stereocenters. The Labute approximate surface area is 108 Å². The summed E-state index contributed by atoms with van der Waals surface area (Å²) in [5.41, 5.74) is 11.9. The molecule has 0 radical (unpaired) electrons. The average molecular weight is 262 g/mol. The summed E-state index contributed by atoms with van der Waals surface area (Å²) in [6, 6.07) is 9.15. The van der Waals surface area contributed by atoms with E-state index in [1.165, 1.54) is 35.6 Å². The van der Waals surface area contributed by atoms with Gasteiger partial charge in [-0.15, -0.1) is 11.3 Å². The van der Waals surface area contributed by atoms with E-state index in [0.717, 1.165) is 4.88 Å². The molecule has 5 heteroatoms. The maximum Gasteiger partial charge on any atom is 0.249 e. The highest BCUT2D eigenvalue weighted by molar-refractivity contribution is 7.16. The fourth-order valence-corrected chi connectivity index (χ4v) is 2.24. The van der Waals surface area contributed by atoms with Gasteiger partial charge in [0.05, 0.1) is 5.00 Å². The van der Waals surface area contributed by atoms with Crippen LogP contribution in [0.2, 0.25) is 0 Å². The lowest BCUT2D eigenvalue weighted by atomic mass is 10.0. The molecular weight excluding hydrogens is 251 g/mol. The standard InChI is InChI=1S/C13H11FN2OS/c14-9-3-1-8(2-4-9)11(13(16)17)7-10-5-6-12(15)18-10/h1-7H,15H2,(H2,16,17)/b11-7+. The van der Waals surface area contributed by atoms with Crippen LogP contribution >= 0.6 is 11.3 Å². The summed E-state index contributed by atoms with van der Waals surface area (Å²) in [4.78, 5) is 12.3. The fourth-order valence-electron chi connectivity index (χ4n) is 1.51. The molecule has 1 aromatic heterocycles. The molecule has 0 bridgehead atoms. The molecule has 2 rings (SSSR count). The van der Waals surface area contributed by atoms with Crippen molar-refractivity contribution in [3.8, 4) is 0 Å². The Hall–Kier alpha value is -2.14. The lowest BCUT2D eigenvalue weighted by Crippen LogP contribution is -2.12. The average Bonchev–Trinajstić information content (AvgIpc) is 2.73. The van der Waals surface area contributed by atoms with Gasteiger partial charge in [-0.25, -0.2) is 4.39 Å². The summed E-state index contributed by atoms with van der Waals surface area (Å²) in [6.07, 6.45) is 1.65. The van der Waals surface area contributed by atoms with Crippen LogP contribution in [0, 0.1) is 5.82 Å². The largest absolute Gasteiger partial charge is 0.391 e. The second-order valence-corrected chi connectivity index (χ2v) is 4.82. The SMILES string of the molecule is NC(=O)/C(=C/c1ccc(N)s1)c1ccc(F)cc1. The van der Waals surface area contributed by atoms with E-state index in [2.05, 4.69) is 0 Å². The van der Waals surface area contributed by atoms with E-state index in [-0.39, 0.29) is 5.82 Å². The van der Waals surface area contributed by atoms with Gasteiger partial charge >= 0.3 is 0 Å². The van der Waals surface area contributed by atoms with E-state index in [4.69, 9.17) is 11.5 Å². The molecule has 0 fully saturated rings. The van der Waals surface area contributed by atoms with Gasteiger partial charge in [0.25, 0.3) is 0 Å². The molecule has 0 aliphatic carbocycles. The van der Waals surface area contributed by atoms with E-state index >= 15 is 0 Å². The first-order chi connectivity index (χ1) is 8.56. The van der Waals surface area contributed by atoms with Crippen LogP contribution in [0.5, 0.6) is 0 Å². The van der Waals surface area contributed by atoms with Crippen molar-refractivity contribution >= 4 is 33.9 Å². The van der Waals surface area contributed by atoms with Crippen molar-refractivity contribution < 1.29 is 9.18 Å². The van der Waals surface area contributed by atoms with Crippen LogP contribution in [-0.2, 0) is 4.79 Å². The molecule has 1 aromatic carbocycles. The molecule has 2 aromatic rings. The first-order valence-corrected chi connectivity index (χ1v) is 6.00. The highest BCUT2D eigenvalue weighted by atomic mass is 32.1. The van der Waals surface area contributed by atoms with Crippen LogP contribution < -0.4 is 11.5 Å². The monoisotopic (exact) mass is 262 g/mol. The highest BCUT2D eigenvalue weighted by Crippen LogP contribution is 2.24. The number of hydrogen-bond donors (Lipinski definition) is 2. The quantitative estimate of drug-likeness (QED) is 0.834. The van der Waals surface area contributed by atoms with Gasteiger partial charge in [-0.3, -0.25) is 4.79 Å². The number of anilines is 1. The van der Waals surface area contributed by atoms with Crippen molar-refractivity contribution in [2.24, 2.45) is 5.73 Å². The Balaban J connectivity index is 2.43. The van der Waals surface area contributed by atoms with Crippen molar-refractivity contribution in [2.75, 3.05) is 5.73 Å². The van der Waals surface area contributed by atoms with Gasteiger partial charge in [0, 0.05) is 10.5 Å². The Bertz CT molecular complexity index is 602. The maximum atomic E-state index is 12.8. The number of primary amides is 1. The zero-order valence-corrected chi connectivity index (χ0v) is 10.2. The summed E-state index contributed by atoms with van der Waals surface area (Å²) in [5, 5.41) is 0.657. The second-order valence-electron chi connectivity index (χ2n) is 3.67. The number of rotatable bonds is 3. The van der Waals surface area contributed by atoms with E-state index in [1.807, 2.05) is 0 Å². The van der Waals surface area contributed by atoms with Gasteiger partial charge < -0.3 is 11.5 Å². The van der Waals surface area contributed by atoms with Crippen molar-refractivity contribution in [1.82, 2.24) is 0 Å². The minimum atomic E-state index is -0.562. The molecule has 0 aliphatic heterocycles. The topological polar surface area (TPSA) is 69.1 Å². The number of hydrogen-bond acceptors (Lipinski definition) is 3. The van der Waals surface area contributed by atoms with Crippen molar-refractivity contribution in [3.63, 3.8) is 0 Å². The number of carbonyl (C=O) groups is 1. The third-order valence-electron chi connectivity index (χ3n) is 2.35. The van der Waals surface area contributed by atoms with Gasteiger partial charge in [-0.1, -0.05) is 12.1 Å². The number of nitrogen functional groups attached to an aromatic ring is 1. The summed E-state index contributed by atoms with van der Waals surface area (Å²) in [6.45, 7) is 0. The molecule has 0 unspecified atom stereocenters. The Kier molecular flexibility index (Phi) is 3.43. The molecule has 1 amide bonds. The van der Waals surface area contributed by atoms with Crippen LogP contribution in [0.1, 0.15) is 10.4 Å². The Morgan fingerprint density at radius 3 is 2.33 bits per heavy atom. The summed E-state index contributed by atoms with van der Waals surface area (Å²) in [7, 11) is 0. The van der Waals surface area contributed by atoms with Gasteiger partial charge in [0.2, 0.25) is 5.91 Å². The van der Waals surface area contributed by atoms with Crippen molar-refractivity contribution in [3.05, 3.63) is 52.7 Å². The zero-order valence-electron chi connectivity index (χ0n) is 9.39. The fraction of sp³-hybridized carbons (Fsp3) is 0. The molecule has 18 heavy (non-hydrogen) atoms. The molecule has 1 heterocycles. The normalized spacial score (nSPS) is 11.5. The van der Waals surface area contributed by atoms with E-state index < -0.39 is 5.91 Å². The lowest BCUT2D eigenvalue weighted by molar-refractivity contribution is -0.112. The van der Waals surface area contributed by atoms with Gasteiger partial charge in [-0.05, 0) is 35.9 Å². The number of carbonyl (C=O) groups excluding carboxylic acids is 1. The number of nitrogens with two attached hydrogens (primary N) is 2. The molecule has 0 spiro atoms. The minimum absolute atomic E-state index is 0.330. The predicted octanol–water partition coefficient (Wildman–Crippen LogP) is 2.50. The van der Waals surface area contributed by atoms with E-state index in [1.54, 1.807) is 18.2 Å². The maximum absolute atomic E-state index is 12.8. The van der Waals surface area contributed by atoms with Crippen LogP contribution in [0.3, 0.4) is 0 Å². The lowest BCUT2D eigenvalue weighted by Gasteiger charge is -2.03. The van der Waals surface area contributed by atoms with Gasteiger partial charge in [0.15, 0.2) is 0 Å². The van der Waals surface area contributed by atoms with Crippen molar-refractivity contribution in [1.29, 1.82) is 0 Å². The zero-order chi connectivity index (χ0) is 13.1. The summed E-state index contributed by atoms with van der Waals surface area (Å²) < 4.78 is 12.8. The molecule has 0 saturated heterocycles. The molecule has 4 N–H and O–H groups in total. The van der Waals surface area contributed by atoms with Crippen LogP contribution in [0.15, 0.2) is 36.4 Å². The smallest absolute Gasteiger partial charge is 0.249 e. The molecule has 0 aliphatic rings. The minimum Gasteiger partial charge on any atom is -0.391 e. The number of benzene rings is 1. The highest BCUT2D eigenvalue weighted by Gasteiger charge is 2.09. The van der Waals surface area contributed by atoms with E-state index in [9.17, 15) is 9.18 Å². The molecule has 3 nitrogen and oxygen atoms in total. The Morgan fingerprint density at radius 1 is 1.17 bits per heavy atom. The third kappa shape index (κ3) is 2.75. The number of halogens is 1. The summed E-state index contributed by atoms with van der Waals surface area (Å²) >= 11 is 1.35. The van der Waals surface area contributed by atoms with Gasteiger partial charge in [0.1, 0.15) is 5.82 Å². The van der Waals surface area contributed by atoms with E-state index in [0.29, 0.717) is 16.1 Å². The number of thiophene rings is 1. The first kappa shape index (κ1) is 12.3. The predicted molar refractivity (Wildman–Crippen MR) is 72.2 cm³/mol. The van der Waals surface area contributed by atoms with Crippen LogP contribution in [0.25, 0.3) is 11.6 Å². The molecular formula is C13H11FN2OS. The molecule has 92 valence electrons. The second kappa shape index (κ2) is 5.01. The summed E-state index contributed by atoms with van der Waals surface area (Å²) in [5.74, 6) is -0.920. The first-order valence-electron chi connectivity index (χ1n) is 5.19. The van der Waals surface area contributed by atoms with Crippen LogP contribution in [-0.4, -0.2) is 5.91 Å². The van der Waals surface area contributed by atoms with Gasteiger partial charge in [-0.2, -0.15) is 0 Å². The third-order valence-corrected chi connectivity index (χ3v) is 3.22. The Morgan fingerprint density at radius 2 is 1.83 bits per heavy atom. The number of amides is 1.